The van der Waals surface area contributed by atoms with Gasteiger partial charge in [0.15, 0.2) is 0 Å². The van der Waals surface area contributed by atoms with E-state index in [0.29, 0.717) is 19.4 Å². The van der Waals surface area contributed by atoms with E-state index in [2.05, 4.69) is 4.72 Å². The van der Waals surface area contributed by atoms with Gasteiger partial charge in [0.05, 0.1) is 12.4 Å². The lowest BCUT2D eigenvalue weighted by Gasteiger charge is -2.36. The van der Waals surface area contributed by atoms with Crippen LogP contribution in [-0.2, 0) is 14.8 Å². The normalized spacial score (nSPS) is 22.3. The first-order chi connectivity index (χ1) is 8.79. The van der Waals surface area contributed by atoms with Crippen molar-refractivity contribution in [3.8, 4) is 0 Å². The van der Waals surface area contributed by atoms with Crippen LogP contribution in [0.25, 0.3) is 0 Å². The molecule has 1 aliphatic rings. The smallest absolute Gasteiger partial charge is 0.222 e. The lowest BCUT2D eigenvalue weighted by atomic mass is 10.0. The fraction of sp³-hybridized carbons (Fsp3) is 0.917. The molecule has 1 fully saturated rings. The van der Waals surface area contributed by atoms with Crippen LogP contribution >= 0.6 is 0 Å². The number of nitrogens with zero attached hydrogens (tertiary/aromatic N) is 1. The summed E-state index contributed by atoms with van der Waals surface area (Å²) in [4.78, 5) is 13.8. The first-order valence-corrected chi connectivity index (χ1v) is 8.61. The second-order valence-electron chi connectivity index (χ2n) is 5.25. The van der Waals surface area contributed by atoms with Gasteiger partial charge in [-0.05, 0) is 32.6 Å². The van der Waals surface area contributed by atoms with Gasteiger partial charge in [0.2, 0.25) is 15.9 Å². The maximum absolute atomic E-state index is 12.1. The molecule has 6 nitrogen and oxygen atoms in total. The molecular weight excluding hydrogens is 268 g/mol. The van der Waals surface area contributed by atoms with Crippen LogP contribution in [0.3, 0.4) is 0 Å². The lowest BCUT2D eigenvalue weighted by Crippen LogP contribution is -2.49. The predicted octanol–water partition coefficient (Wildman–Crippen LogP) is 0.0777. The van der Waals surface area contributed by atoms with Crippen LogP contribution in [0.1, 0.15) is 39.0 Å². The minimum atomic E-state index is -3.23. The molecule has 0 bridgehead atoms. The summed E-state index contributed by atoms with van der Waals surface area (Å²) in [6.45, 7) is 2.61. The summed E-state index contributed by atoms with van der Waals surface area (Å²) < 4.78 is 24.7. The molecule has 2 unspecified atom stereocenters. The SMILES string of the molecule is CC(O)CCC(=O)N1CCCCC1CNS(C)(=O)=O. The standard InChI is InChI=1S/C12H24N2O4S/c1-10(15)6-7-12(16)14-8-4-3-5-11(14)9-13-19(2,17)18/h10-11,13,15H,3-9H2,1-2H3. The molecule has 112 valence electrons. The highest BCUT2D eigenvalue weighted by Crippen LogP contribution is 2.18. The van der Waals surface area contributed by atoms with Gasteiger partial charge in [-0.15, -0.1) is 0 Å². The Morgan fingerprint density at radius 3 is 2.74 bits per heavy atom. The van der Waals surface area contributed by atoms with Gasteiger partial charge in [-0.3, -0.25) is 4.79 Å². The molecule has 0 aromatic carbocycles. The Morgan fingerprint density at radius 1 is 1.47 bits per heavy atom. The van der Waals surface area contributed by atoms with Crippen LogP contribution in [0.15, 0.2) is 0 Å². The first-order valence-electron chi connectivity index (χ1n) is 6.72. The zero-order chi connectivity index (χ0) is 14.5. The van der Waals surface area contributed by atoms with E-state index in [9.17, 15) is 18.3 Å². The van der Waals surface area contributed by atoms with Gasteiger partial charge >= 0.3 is 0 Å². The van der Waals surface area contributed by atoms with Crippen LogP contribution in [-0.4, -0.2) is 55.8 Å². The molecular formula is C12H24N2O4S. The Hall–Kier alpha value is -0.660. The van der Waals surface area contributed by atoms with Crippen LogP contribution in [0.5, 0.6) is 0 Å². The van der Waals surface area contributed by atoms with Crippen molar-refractivity contribution in [1.29, 1.82) is 0 Å². The number of nitrogens with one attached hydrogen (secondary N) is 1. The fourth-order valence-corrected chi connectivity index (χ4v) is 2.76. The van der Waals surface area contributed by atoms with E-state index in [1.54, 1.807) is 11.8 Å². The molecule has 2 atom stereocenters. The molecule has 1 amide bonds. The molecule has 19 heavy (non-hydrogen) atoms. The highest BCUT2D eigenvalue weighted by atomic mass is 32.2. The molecule has 1 aliphatic heterocycles. The Bertz CT molecular complexity index is 395. The van der Waals surface area contributed by atoms with Gasteiger partial charge in [-0.2, -0.15) is 0 Å². The summed E-state index contributed by atoms with van der Waals surface area (Å²) in [7, 11) is -3.23. The zero-order valence-corrected chi connectivity index (χ0v) is 12.4. The largest absolute Gasteiger partial charge is 0.393 e. The number of likely N-dealkylation sites (tertiary alicyclic amines) is 1. The van der Waals surface area contributed by atoms with Crippen LogP contribution in [0.2, 0.25) is 0 Å². The summed E-state index contributed by atoms with van der Waals surface area (Å²) in [5, 5.41) is 9.21. The average Bonchev–Trinajstić information content (AvgIpc) is 2.33. The number of aliphatic hydroxyl groups excluding tert-OH is 1. The van der Waals surface area contributed by atoms with E-state index in [1.807, 2.05) is 0 Å². The van der Waals surface area contributed by atoms with E-state index in [1.165, 1.54) is 0 Å². The molecule has 0 spiro atoms. The van der Waals surface area contributed by atoms with Crippen molar-refractivity contribution in [1.82, 2.24) is 9.62 Å². The molecule has 1 rings (SSSR count). The van der Waals surface area contributed by atoms with Crippen LogP contribution in [0, 0.1) is 0 Å². The third kappa shape index (κ3) is 6.35. The molecule has 0 aromatic rings. The summed E-state index contributed by atoms with van der Waals surface area (Å²) in [6, 6.07) is -0.0648. The molecule has 7 heteroatoms. The number of piperidine rings is 1. The van der Waals surface area contributed by atoms with E-state index < -0.39 is 16.1 Å². The number of carbonyl (C=O) groups excluding carboxylic acids is 1. The average molecular weight is 292 g/mol. The molecule has 0 aromatic heterocycles. The van der Waals surface area contributed by atoms with Crippen molar-refractivity contribution in [3.05, 3.63) is 0 Å². The highest BCUT2D eigenvalue weighted by Gasteiger charge is 2.26. The van der Waals surface area contributed by atoms with Gasteiger partial charge in [0.25, 0.3) is 0 Å². The van der Waals surface area contributed by atoms with Crippen molar-refractivity contribution in [2.75, 3.05) is 19.3 Å². The summed E-state index contributed by atoms with van der Waals surface area (Å²) in [5.41, 5.74) is 0. The topological polar surface area (TPSA) is 86.7 Å². The summed E-state index contributed by atoms with van der Waals surface area (Å²) in [6.07, 6.45) is 4.18. The molecule has 1 saturated heterocycles. The van der Waals surface area contributed by atoms with E-state index >= 15 is 0 Å². The monoisotopic (exact) mass is 292 g/mol. The van der Waals surface area contributed by atoms with Gasteiger partial charge in [-0.1, -0.05) is 0 Å². The van der Waals surface area contributed by atoms with Gasteiger partial charge in [0, 0.05) is 25.6 Å². The quantitative estimate of drug-likeness (QED) is 0.726. The summed E-state index contributed by atoms with van der Waals surface area (Å²) in [5.74, 6) is 0.000834. The fourth-order valence-electron chi connectivity index (χ4n) is 2.26. The Balaban J connectivity index is 2.54. The maximum atomic E-state index is 12.1. The van der Waals surface area contributed by atoms with Crippen LogP contribution in [0.4, 0.5) is 0 Å². The zero-order valence-electron chi connectivity index (χ0n) is 11.6. The molecule has 1 heterocycles. The van der Waals surface area contributed by atoms with E-state index in [0.717, 1.165) is 25.5 Å². The number of rotatable bonds is 6. The molecule has 0 radical (unpaired) electrons. The Kier molecular flexibility index (Phi) is 6.22. The van der Waals surface area contributed by atoms with Gasteiger partial charge < -0.3 is 10.0 Å². The lowest BCUT2D eigenvalue weighted by molar-refractivity contribution is -0.135. The predicted molar refractivity (Wildman–Crippen MR) is 73.1 cm³/mol. The van der Waals surface area contributed by atoms with Crippen LogP contribution < -0.4 is 4.72 Å². The maximum Gasteiger partial charge on any atom is 0.222 e. The third-order valence-electron chi connectivity index (χ3n) is 3.30. The summed E-state index contributed by atoms with van der Waals surface area (Å²) >= 11 is 0. The van der Waals surface area contributed by atoms with Crippen molar-refractivity contribution < 1.29 is 18.3 Å². The van der Waals surface area contributed by atoms with Gasteiger partial charge in [-0.25, -0.2) is 13.1 Å². The van der Waals surface area contributed by atoms with Crippen molar-refractivity contribution >= 4 is 15.9 Å². The Morgan fingerprint density at radius 2 is 2.16 bits per heavy atom. The molecule has 0 aliphatic carbocycles. The number of amides is 1. The number of sulfonamides is 1. The Labute approximate surface area is 115 Å². The van der Waals surface area contributed by atoms with E-state index in [-0.39, 0.29) is 18.5 Å². The number of aliphatic hydroxyl groups is 1. The third-order valence-corrected chi connectivity index (χ3v) is 4.00. The number of hydrogen-bond donors (Lipinski definition) is 2. The van der Waals surface area contributed by atoms with Crippen molar-refractivity contribution in [3.63, 3.8) is 0 Å². The molecule has 2 N–H and O–H groups in total. The van der Waals surface area contributed by atoms with E-state index in [4.69, 9.17) is 0 Å². The second kappa shape index (κ2) is 7.21. The number of carbonyl (C=O) groups is 1. The highest BCUT2D eigenvalue weighted by molar-refractivity contribution is 7.88. The minimum absolute atomic E-state index is 0.000834. The van der Waals surface area contributed by atoms with Crippen molar-refractivity contribution in [2.24, 2.45) is 0 Å². The van der Waals surface area contributed by atoms with Gasteiger partial charge in [0.1, 0.15) is 0 Å². The van der Waals surface area contributed by atoms with Crippen molar-refractivity contribution in [2.45, 2.75) is 51.2 Å². The first kappa shape index (κ1) is 16.4. The number of hydrogen-bond acceptors (Lipinski definition) is 4. The second-order valence-corrected chi connectivity index (χ2v) is 7.08. The molecule has 0 saturated carbocycles. The minimum Gasteiger partial charge on any atom is -0.393 e.